The minimum Gasteiger partial charge on any atom is -0.495 e. The number of methoxy groups -OCH3 is 1. The van der Waals surface area contributed by atoms with Gasteiger partial charge in [0.2, 0.25) is 0 Å². The molecule has 1 heterocycles. The van der Waals surface area contributed by atoms with E-state index in [1.807, 2.05) is 18.3 Å². The molecule has 6 nitrogen and oxygen atoms in total. The van der Waals surface area contributed by atoms with Crippen LogP contribution in [0.1, 0.15) is 20.7 Å². The van der Waals surface area contributed by atoms with Gasteiger partial charge in [-0.3, -0.25) is 9.59 Å². The smallest absolute Gasteiger partial charge is 0.255 e. The van der Waals surface area contributed by atoms with Crippen LogP contribution >= 0.6 is 0 Å². The van der Waals surface area contributed by atoms with Crippen LogP contribution in [0.2, 0.25) is 0 Å². The highest BCUT2D eigenvalue weighted by atomic mass is 16.5. The SMILES string of the molecule is CNC(=O)c1ccc(NC(=O)c2ccc3cc[nH]c3c2)c(OC)c1. The van der Waals surface area contributed by atoms with E-state index < -0.39 is 0 Å². The van der Waals surface area contributed by atoms with Crippen molar-refractivity contribution >= 4 is 28.4 Å². The molecular formula is C18H17N3O3. The number of aromatic nitrogens is 1. The fourth-order valence-electron chi connectivity index (χ4n) is 2.46. The van der Waals surface area contributed by atoms with Crippen LogP contribution in [0.4, 0.5) is 5.69 Å². The highest BCUT2D eigenvalue weighted by Gasteiger charge is 2.13. The molecule has 0 fully saturated rings. The molecule has 0 aliphatic heterocycles. The lowest BCUT2D eigenvalue weighted by Crippen LogP contribution is -2.18. The summed E-state index contributed by atoms with van der Waals surface area (Å²) in [6.07, 6.45) is 1.83. The summed E-state index contributed by atoms with van der Waals surface area (Å²) < 4.78 is 5.27. The van der Waals surface area contributed by atoms with Gasteiger partial charge in [-0.05, 0) is 41.8 Å². The van der Waals surface area contributed by atoms with Gasteiger partial charge in [0.15, 0.2) is 0 Å². The van der Waals surface area contributed by atoms with Crippen LogP contribution in [-0.4, -0.2) is 31.0 Å². The van der Waals surface area contributed by atoms with Gasteiger partial charge in [0.05, 0.1) is 12.8 Å². The summed E-state index contributed by atoms with van der Waals surface area (Å²) in [5.74, 6) is -0.0498. The molecule has 2 aromatic carbocycles. The number of hydrogen-bond acceptors (Lipinski definition) is 3. The lowest BCUT2D eigenvalue weighted by molar-refractivity contribution is 0.0962. The first-order valence-corrected chi connectivity index (χ1v) is 7.41. The number of ether oxygens (including phenoxy) is 1. The van der Waals surface area contributed by atoms with Crippen LogP contribution in [0, 0.1) is 0 Å². The van der Waals surface area contributed by atoms with E-state index in [0.717, 1.165) is 10.9 Å². The first-order chi connectivity index (χ1) is 11.6. The predicted molar refractivity (Wildman–Crippen MR) is 92.6 cm³/mol. The summed E-state index contributed by atoms with van der Waals surface area (Å²) in [6.45, 7) is 0. The van der Waals surface area contributed by atoms with E-state index in [2.05, 4.69) is 15.6 Å². The van der Waals surface area contributed by atoms with Crippen molar-refractivity contribution in [2.24, 2.45) is 0 Å². The third-order valence-corrected chi connectivity index (χ3v) is 3.76. The van der Waals surface area contributed by atoms with Crippen LogP contribution in [0.3, 0.4) is 0 Å². The highest BCUT2D eigenvalue weighted by molar-refractivity contribution is 6.07. The molecule has 3 N–H and O–H groups in total. The highest BCUT2D eigenvalue weighted by Crippen LogP contribution is 2.26. The van der Waals surface area contributed by atoms with Gasteiger partial charge in [-0.15, -0.1) is 0 Å². The molecule has 24 heavy (non-hydrogen) atoms. The maximum Gasteiger partial charge on any atom is 0.255 e. The third-order valence-electron chi connectivity index (χ3n) is 3.76. The second-order valence-corrected chi connectivity index (χ2v) is 5.23. The number of benzene rings is 2. The molecule has 0 bridgehead atoms. The quantitative estimate of drug-likeness (QED) is 0.690. The Morgan fingerprint density at radius 1 is 1.00 bits per heavy atom. The van der Waals surface area contributed by atoms with Gasteiger partial charge < -0.3 is 20.4 Å². The standard InChI is InChI=1S/C18H17N3O3/c1-19-17(22)13-5-6-14(16(10-13)24-2)21-18(23)12-4-3-11-7-8-20-15(11)9-12/h3-10,20H,1-2H3,(H,19,22)(H,21,23). The molecule has 0 saturated heterocycles. The summed E-state index contributed by atoms with van der Waals surface area (Å²) in [7, 11) is 3.05. The molecule has 0 radical (unpaired) electrons. The number of aromatic amines is 1. The molecule has 0 saturated carbocycles. The average Bonchev–Trinajstić information content (AvgIpc) is 3.08. The van der Waals surface area contributed by atoms with Crippen molar-refractivity contribution in [3.05, 3.63) is 59.8 Å². The zero-order valence-electron chi connectivity index (χ0n) is 13.3. The summed E-state index contributed by atoms with van der Waals surface area (Å²) in [5, 5.41) is 6.40. The van der Waals surface area contributed by atoms with Gasteiger partial charge in [0, 0.05) is 29.9 Å². The first kappa shape index (κ1) is 15.6. The summed E-state index contributed by atoms with van der Waals surface area (Å²) in [5.41, 5.74) is 2.38. The molecule has 0 spiro atoms. The van der Waals surface area contributed by atoms with Gasteiger partial charge in [-0.1, -0.05) is 6.07 Å². The number of nitrogens with one attached hydrogen (secondary N) is 3. The molecular weight excluding hydrogens is 306 g/mol. The first-order valence-electron chi connectivity index (χ1n) is 7.41. The molecule has 3 aromatic rings. The van der Waals surface area contributed by atoms with Gasteiger partial charge in [-0.2, -0.15) is 0 Å². The topological polar surface area (TPSA) is 83.2 Å². The Morgan fingerprint density at radius 2 is 1.75 bits per heavy atom. The van der Waals surface area contributed by atoms with Gasteiger partial charge in [0.1, 0.15) is 5.75 Å². The molecule has 2 amide bonds. The monoisotopic (exact) mass is 323 g/mol. The Bertz CT molecular complexity index is 915. The number of amides is 2. The van der Waals surface area contributed by atoms with Crippen LogP contribution in [0.25, 0.3) is 10.9 Å². The number of rotatable bonds is 4. The number of carbonyl (C=O) groups excluding carboxylic acids is 2. The molecule has 0 aliphatic rings. The van der Waals surface area contributed by atoms with Crippen molar-refractivity contribution in [3.8, 4) is 5.75 Å². The van der Waals surface area contributed by atoms with E-state index in [0.29, 0.717) is 22.6 Å². The summed E-state index contributed by atoms with van der Waals surface area (Å²) >= 11 is 0. The lowest BCUT2D eigenvalue weighted by atomic mass is 10.1. The number of hydrogen-bond donors (Lipinski definition) is 3. The zero-order chi connectivity index (χ0) is 17.1. The van der Waals surface area contributed by atoms with Crippen molar-refractivity contribution < 1.29 is 14.3 Å². The van der Waals surface area contributed by atoms with Crippen LogP contribution in [0.5, 0.6) is 5.75 Å². The van der Waals surface area contributed by atoms with E-state index in [9.17, 15) is 9.59 Å². The fourth-order valence-corrected chi connectivity index (χ4v) is 2.46. The van der Waals surface area contributed by atoms with Crippen molar-refractivity contribution in [1.82, 2.24) is 10.3 Å². The van der Waals surface area contributed by atoms with Crippen molar-refractivity contribution in [3.63, 3.8) is 0 Å². The lowest BCUT2D eigenvalue weighted by Gasteiger charge is -2.12. The van der Waals surface area contributed by atoms with E-state index in [1.54, 1.807) is 37.4 Å². The van der Waals surface area contributed by atoms with Gasteiger partial charge in [0.25, 0.3) is 11.8 Å². The van der Waals surface area contributed by atoms with Gasteiger partial charge >= 0.3 is 0 Å². The molecule has 0 atom stereocenters. The normalized spacial score (nSPS) is 10.4. The van der Waals surface area contributed by atoms with Crippen LogP contribution < -0.4 is 15.4 Å². The maximum absolute atomic E-state index is 12.5. The summed E-state index contributed by atoms with van der Waals surface area (Å²) in [4.78, 5) is 27.2. The van der Waals surface area contributed by atoms with Crippen LogP contribution in [-0.2, 0) is 0 Å². The molecule has 0 aliphatic carbocycles. The van der Waals surface area contributed by atoms with Crippen molar-refractivity contribution in [1.29, 1.82) is 0 Å². The third kappa shape index (κ3) is 2.94. The Balaban J connectivity index is 1.86. The summed E-state index contributed by atoms with van der Waals surface area (Å²) in [6, 6.07) is 12.2. The average molecular weight is 323 g/mol. The van der Waals surface area contributed by atoms with E-state index in [-0.39, 0.29) is 11.8 Å². The number of fused-ring (bicyclic) bond motifs is 1. The van der Waals surface area contributed by atoms with E-state index in [1.165, 1.54) is 7.11 Å². The second kappa shape index (κ2) is 6.45. The Morgan fingerprint density at radius 3 is 2.50 bits per heavy atom. The minimum absolute atomic E-state index is 0.219. The Labute approximate surface area is 138 Å². The van der Waals surface area contributed by atoms with Gasteiger partial charge in [-0.25, -0.2) is 0 Å². The Hall–Kier alpha value is -3.28. The Kier molecular flexibility index (Phi) is 4.20. The molecule has 0 unspecified atom stereocenters. The number of anilines is 1. The zero-order valence-corrected chi connectivity index (χ0v) is 13.3. The minimum atomic E-state index is -0.252. The maximum atomic E-state index is 12.5. The fraction of sp³-hybridized carbons (Fsp3) is 0.111. The second-order valence-electron chi connectivity index (χ2n) is 5.23. The largest absolute Gasteiger partial charge is 0.495 e. The van der Waals surface area contributed by atoms with E-state index >= 15 is 0 Å². The molecule has 1 aromatic heterocycles. The molecule has 3 rings (SSSR count). The van der Waals surface area contributed by atoms with Crippen LogP contribution in [0.15, 0.2) is 48.7 Å². The molecule has 6 heteroatoms. The van der Waals surface area contributed by atoms with E-state index in [4.69, 9.17) is 4.74 Å². The van der Waals surface area contributed by atoms with Crippen molar-refractivity contribution in [2.45, 2.75) is 0 Å². The number of carbonyl (C=O) groups is 2. The molecule has 122 valence electrons. The predicted octanol–water partition coefficient (Wildman–Crippen LogP) is 2.79. The van der Waals surface area contributed by atoms with Crippen molar-refractivity contribution in [2.75, 3.05) is 19.5 Å². The number of H-pyrrole nitrogens is 1.